The molecule has 1 aromatic carbocycles. The van der Waals surface area contributed by atoms with Crippen molar-refractivity contribution in [2.45, 2.75) is 12.5 Å². The Kier molecular flexibility index (Phi) is 4.91. The quantitative estimate of drug-likeness (QED) is 0.604. The molecule has 0 amide bonds. The maximum Gasteiger partial charge on any atom is 0.137 e. The van der Waals surface area contributed by atoms with Crippen molar-refractivity contribution in [1.82, 2.24) is 5.43 Å². The van der Waals surface area contributed by atoms with Crippen molar-refractivity contribution < 1.29 is 4.39 Å². The summed E-state index contributed by atoms with van der Waals surface area (Å²) in [5.41, 5.74) is 3.72. The smallest absolute Gasteiger partial charge is 0.137 e. The van der Waals surface area contributed by atoms with E-state index in [-0.39, 0.29) is 11.9 Å². The predicted molar refractivity (Wildman–Crippen MR) is 79.9 cm³/mol. The fourth-order valence-electron chi connectivity index (χ4n) is 1.66. The number of halogens is 3. The monoisotopic (exact) mass is 392 g/mol. The maximum absolute atomic E-state index is 13.2. The molecule has 1 aromatic heterocycles. The van der Waals surface area contributed by atoms with E-state index in [2.05, 4.69) is 43.4 Å². The summed E-state index contributed by atoms with van der Waals surface area (Å²) in [6.07, 6.45) is 0.769. The zero-order chi connectivity index (χ0) is 13.1. The average molecular weight is 394 g/mol. The summed E-state index contributed by atoms with van der Waals surface area (Å²) in [6.45, 7) is 0. The Morgan fingerprint density at radius 3 is 2.61 bits per heavy atom. The molecule has 3 N–H and O–H groups in total. The molecule has 0 bridgehead atoms. The van der Waals surface area contributed by atoms with Gasteiger partial charge in [0, 0.05) is 11.3 Å². The summed E-state index contributed by atoms with van der Waals surface area (Å²) in [5, 5.41) is 0. The highest BCUT2D eigenvalue weighted by atomic mass is 79.9. The van der Waals surface area contributed by atoms with Crippen molar-refractivity contribution in [3.8, 4) is 0 Å². The van der Waals surface area contributed by atoms with Crippen molar-refractivity contribution in [3.63, 3.8) is 0 Å². The van der Waals surface area contributed by atoms with Crippen LogP contribution in [0.1, 0.15) is 16.5 Å². The van der Waals surface area contributed by atoms with Crippen LogP contribution in [0.15, 0.2) is 38.6 Å². The van der Waals surface area contributed by atoms with Crippen molar-refractivity contribution in [3.05, 3.63) is 54.8 Å². The van der Waals surface area contributed by atoms with Gasteiger partial charge in [0.2, 0.25) is 0 Å². The fraction of sp³-hybridized carbons (Fsp3) is 0.167. The van der Waals surface area contributed by atoms with E-state index < -0.39 is 0 Å². The van der Waals surface area contributed by atoms with Crippen LogP contribution in [-0.2, 0) is 6.42 Å². The highest BCUT2D eigenvalue weighted by Crippen LogP contribution is 2.28. The third-order valence-corrected chi connectivity index (χ3v) is 4.84. The van der Waals surface area contributed by atoms with E-state index in [0.717, 1.165) is 15.8 Å². The number of rotatable bonds is 4. The van der Waals surface area contributed by atoms with Crippen molar-refractivity contribution in [2.24, 2.45) is 5.84 Å². The normalized spacial score (nSPS) is 12.7. The SMILES string of the molecule is NNC(Cc1ccc(Br)s1)c1ccc(F)c(Br)c1. The first kappa shape index (κ1) is 14.1. The van der Waals surface area contributed by atoms with Crippen LogP contribution in [-0.4, -0.2) is 0 Å². The lowest BCUT2D eigenvalue weighted by Crippen LogP contribution is -2.29. The van der Waals surface area contributed by atoms with Gasteiger partial charge in [0.15, 0.2) is 0 Å². The predicted octanol–water partition coefficient (Wildman–Crippen LogP) is 4.16. The van der Waals surface area contributed by atoms with Gasteiger partial charge in [0.25, 0.3) is 0 Å². The number of thiophene rings is 1. The summed E-state index contributed by atoms with van der Waals surface area (Å²) in [4.78, 5) is 1.21. The lowest BCUT2D eigenvalue weighted by Gasteiger charge is -2.16. The molecular formula is C12H11Br2FN2S. The van der Waals surface area contributed by atoms with E-state index in [1.807, 2.05) is 6.07 Å². The Hall–Kier alpha value is -0.270. The minimum Gasteiger partial charge on any atom is -0.271 e. The molecule has 1 heterocycles. The number of nitrogens with two attached hydrogens (primary N) is 1. The number of hydrogen-bond acceptors (Lipinski definition) is 3. The second-order valence-electron chi connectivity index (χ2n) is 3.80. The molecule has 0 saturated heterocycles. The first-order valence-electron chi connectivity index (χ1n) is 5.25. The van der Waals surface area contributed by atoms with Gasteiger partial charge in [-0.3, -0.25) is 11.3 Å². The Morgan fingerprint density at radius 2 is 2.06 bits per heavy atom. The van der Waals surface area contributed by atoms with E-state index in [4.69, 9.17) is 5.84 Å². The van der Waals surface area contributed by atoms with Crippen molar-refractivity contribution in [2.75, 3.05) is 0 Å². The summed E-state index contributed by atoms with van der Waals surface area (Å²) in [6, 6.07) is 8.96. The van der Waals surface area contributed by atoms with Gasteiger partial charge in [-0.05, 0) is 61.7 Å². The van der Waals surface area contributed by atoms with Crippen molar-refractivity contribution in [1.29, 1.82) is 0 Å². The van der Waals surface area contributed by atoms with E-state index in [1.165, 1.54) is 10.9 Å². The van der Waals surface area contributed by atoms with Crippen LogP contribution in [0.2, 0.25) is 0 Å². The number of benzene rings is 1. The molecule has 96 valence electrons. The standard InChI is InChI=1S/C12H11Br2FN2S/c13-9-5-7(1-3-10(9)15)11(17-16)6-8-2-4-12(14)18-8/h1-5,11,17H,6,16H2. The lowest BCUT2D eigenvalue weighted by molar-refractivity contribution is 0.552. The third kappa shape index (κ3) is 3.39. The van der Waals surface area contributed by atoms with Gasteiger partial charge in [-0.25, -0.2) is 4.39 Å². The summed E-state index contributed by atoms with van der Waals surface area (Å²) in [5.74, 6) is 5.31. The van der Waals surface area contributed by atoms with Gasteiger partial charge in [-0.2, -0.15) is 0 Å². The molecule has 0 fully saturated rings. The highest BCUT2D eigenvalue weighted by molar-refractivity contribution is 9.11. The van der Waals surface area contributed by atoms with E-state index in [0.29, 0.717) is 4.47 Å². The topological polar surface area (TPSA) is 38.0 Å². The van der Waals surface area contributed by atoms with Crippen LogP contribution in [0, 0.1) is 5.82 Å². The van der Waals surface area contributed by atoms with Gasteiger partial charge in [-0.1, -0.05) is 6.07 Å². The third-order valence-electron chi connectivity index (χ3n) is 2.58. The van der Waals surface area contributed by atoms with Crippen LogP contribution < -0.4 is 11.3 Å². The largest absolute Gasteiger partial charge is 0.271 e. The molecule has 0 aliphatic rings. The highest BCUT2D eigenvalue weighted by Gasteiger charge is 2.13. The molecule has 1 atom stereocenters. The Morgan fingerprint density at radius 1 is 1.28 bits per heavy atom. The first-order valence-corrected chi connectivity index (χ1v) is 7.65. The minimum atomic E-state index is -0.270. The second-order valence-corrected chi connectivity index (χ2v) is 7.20. The molecule has 0 spiro atoms. The minimum absolute atomic E-state index is 0.0348. The van der Waals surface area contributed by atoms with Gasteiger partial charge < -0.3 is 0 Å². The molecular weight excluding hydrogens is 383 g/mol. The average Bonchev–Trinajstić information content (AvgIpc) is 2.75. The van der Waals surface area contributed by atoms with Gasteiger partial charge in [0.05, 0.1) is 14.3 Å². The van der Waals surface area contributed by atoms with Crippen molar-refractivity contribution >= 4 is 43.2 Å². The van der Waals surface area contributed by atoms with Gasteiger partial charge in [0.1, 0.15) is 5.82 Å². The van der Waals surface area contributed by atoms with Crippen LogP contribution in [0.25, 0.3) is 0 Å². The molecule has 2 aromatic rings. The molecule has 18 heavy (non-hydrogen) atoms. The lowest BCUT2D eigenvalue weighted by atomic mass is 10.0. The molecule has 1 unspecified atom stereocenters. The summed E-state index contributed by atoms with van der Waals surface area (Å²) < 4.78 is 14.7. The van der Waals surface area contributed by atoms with Crippen LogP contribution >= 0.6 is 43.2 Å². The molecule has 0 aliphatic heterocycles. The van der Waals surface area contributed by atoms with E-state index >= 15 is 0 Å². The molecule has 0 aliphatic carbocycles. The molecule has 0 radical (unpaired) electrons. The number of nitrogens with one attached hydrogen (secondary N) is 1. The second kappa shape index (κ2) is 6.25. The summed E-state index contributed by atoms with van der Waals surface area (Å²) >= 11 is 8.28. The Balaban J connectivity index is 2.19. The van der Waals surface area contributed by atoms with Crippen LogP contribution in [0.5, 0.6) is 0 Å². The van der Waals surface area contributed by atoms with E-state index in [9.17, 15) is 4.39 Å². The molecule has 2 rings (SSSR count). The molecule has 0 saturated carbocycles. The van der Waals surface area contributed by atoms with E-state index in [1.54, 1.807) is 23.5 Å². The summed E-state index contributed by atoms with van der Waals surface area (Å²) in [7, 11) is 0. The van der Waals surface area contributed by atoms with Gasteiger partial charge in [-0.15, -0.1) is 11.3 Å². The number of hydrogen-bond donors (Lipinski definition) is 2. The first-order chi connectivity index (χ1) is 8.60. The molecule has 6 heteroatoms. The van der Waals surface area contributed by atoms with Crippen LogP contribution in [0.4, 0.5) is 4.39 Å². The molecule has 2 nitrogen and oxygen atoms in total. The van der Waals surface area contributed by atoms with Crippen LogP contribution in [0.3, 0.4) is 0 Å². The fourth-order valence-corrected chi connectivity index (χ4v) is 3.59. The van der Waals surface area contributed by atoms with Gasteiger partial charge >= 0.3 is 0 Å². The Bertz CT molecular complexity index is 545. The Labute approximate surface area is 126 Å². The number of hydrazine groups is 1. The maximum atomic E-state index is 13.2. The zero-order valence-corrected chi connectivity index (χ0v) is 13.3. The zero-order valence-electron chi connectivity index (χ0n) is 9.29.